The van der Waals surface area contributed by atoms with Gasteiger partial charge in [0.05, 0.1) is 11.0 Å². The van der Waals surface area contributed by atoms with E-state index >= 15 is 0 Å². The Hall–Kier alpha value is -0.740. The molecule has 2 fully saturated rings. The van der Waals surface area contributed by atoms with Crippen LogP contribution in [0.1, 0.15) is 64.7 Å². The van der Waals surface area contributed by atoms with Gasteiger partial charge < -0.3 is 0 Å². The molecule has 0 aliphatic heterocycles. The average molecular weight is 336 g/mol. The van der Waals surface area contributed by atoms with Crippen LogP contribution in [0.25, 0.3) is 0 Å². The number of rotatable bonds is 0. The molecule has 0 bridgehead atoms. The molecule has 2 saturated carbocycles. The standard InChI is InChI=1S/C18H24O.CH5NOS/c1-18-9-2-3-17(18)16-6-4-12-11-13(19)5-7-14(12)15(16)8-10-18;1-4(2)3/h11,14-15H,2-10H2,1H3;2H2,1H3. The zero-order chi connectivity index (χ0) is 16.6. The molecule has 0 aromatic heterocycles. The van der Waals surface area contributed by atoms with E-state index in [0.717, 1.165) is 24.7 Å². The highest BCUT2D eigenvalue weighted by Crippen LogP contribution is 2.58. The van der Waals surface area contributed by atoms with Gasteiger partial charge in [-0.25, -0.2) is 4.21 Å². The zero-order valence-corrected chi connectivity index (χ0v) is 15.2. The maximum absolute atomic E-state index is 11.6. The average Bonchev–Trinajstić information content (AvgIpc) is 2.88. The summed E-state index contributed by atoms with van der Waals surface area (Å²) in [6.07, 6.45) is 14.7. The van der Waals surface area contributed by atoms with Crippen molar-refractivity contribution in [2.24, 2.45) is 22.4 Å². The summed E-state index contributed by atoms with van der Waals surface area (Å²) in [5, 5.41) is 4.58. The van der Waals surface area contributed by atoms with Gasteiger partial charge in [-0.3, -0.25) is 9.93 Å². The van der Waals surface area contributed by atoms with E-state index in [0.29, 0.717) is 11.2 Å². The first-order valence-corrected chi connectivity index (χ1v) is 10.6. The third kappa shape index (κ3) is 3.39. The largest absolute Gasteiger partial charge is 0.295 e. The van der Waals surface area contributed by atoms with Crippen LogP contribution >= 0.6 is 0 Å². The number of allylic oxidation sites excluding steroid dienone is 4. The Bertz CT molecular complexity index is 588. The van der Waals surface area contributed by atoms with E-state index in [-0.39, 0.29) is 0 Å². The Morgan fingerprint density at radius 1 is 1.13 bits per heavy atom. The number of hydrogen-bond donors (Lipinski definition) is 1. The molecule has 2 N–H and O–H groups in total. The Morgan fingerprint density at radius 2 is 1.87 bits per heavy atom. The molecular weight excluding hydrogens is 306 g/mol. The van der Waals surface area contributed by atoms with Gasteiger partial charge in [-0.1, -0.05) is 23.6 Å². The molecule has 3 nitrogen and oxygen atoms in total. The molecule has 4 heteroatoms. The van der Waals surface area contributed by atoms with Gasteiger partial charge in [-0.15, -0.1) is 0 Å². The van der Waals surface area contributed by atoms with Crippen molar-refractivity contribution < 1.29 is 9.00 Å². The summed E-state index contributed by atoms with van der Waals surface area (Å²) >= 11 is 0. The number of nitrogens with two attached hydrogens (primary N) is 1. The number of fused-ring (bicyclic) bond motifs is 4. The lowest BCUT2D eigenvalue weighted by atomic mass is 9.59. The highest BCUT2D eigenvalue weighted by Gasteiger charge is 2.45. The van der Waals surface area contributed by atoms with E-state index in [9.17, 15) is 9.00 Å². The maximum Gasteiger partial charge on any atom is 0.155 e. The van der Waals surface area contributed by atoms with E-state index in [4.69, 9.17) is 0 Å². The van der Waals surface area contributed by atoms with Crippen LogP contribution in [0.3, 0.4) is 0 Å². The van der Waals surface area contributed by atoms with Gasteiger partial charge in [0.2, 0.25) is 0 Å². The Kier molecular flexibility index (Phi) is 4.93. The molecule has 0 spiro atoms. The fourth-order valence-electron chi connectivity index (χ4n) is 5.45. The summed E-state index contributed by atoms with van der Waals surface area (Å²) in [7, 11) is -1.11. The lowest BCUT2D eigenvalue weighted by Crippen LogP contribution is -2.34. The Labute approximate surface area is 142 Å². The second kappa shape index (κ2) is 6.64. The zero-order valence-electron chi connectivity index (χ0n) is 14.4. The monoisotopic (exact) mass is 335 g/mol. The fraction of sp³-hybridized carbons (Fsp3) is 0.737. The summed E-state index contributed by atoms with van der Waals surface area (Å²) in [5.41, 5.74) is 5.73. The minimum Gasteiger partial charge on any atom is -0.295 e. The van der Waals surface area contributed by atoms with Gasteiger partial charge in [-0.05, 0) is 74.7 Å². The SMILES string of the molecule is CC12CCCC1=C1CCC3=CC(=O)CCC3C1CC2.CS(N)=O. The van der Waals surface area contributed by atoms with Crippen molar-refractivity contribution in [3.8, 4) is 0 Å². The molecule has 0 aromatic rings. The molecule has 4 unspecified atom stereocenters. The van der Waals surface area contributed by atoms with Gasteiger partial charge in [0, 0.05) is 12.7 Å². The number of carbonyl (C=O) groups excluding carboxylic acids is 1. The number of ketones is 1. The molecule has 4 aliphatic carbocycles. The third-order valence-electron chi connectivity index (χ3n) is 6.42. The highest BCUT2D eigenvalue weighted by atomic mass is 32.2. The molecular formula is C19H29NO2S. The van der Waals surface area contributed by atoms with Crippen LogP contribution in [0.4, 0.5) is 0 Å². The fourth-order valence-corrected chi connectivity index (χ4v) is 5.45. The van der Waals surface area contributed by atoms with Crippen LogP contribution in [0.2, 0.25) is 0 Å². The van der Waals surface area contributed by atoms with Gasteiger partial charge in [0.15, 0.2) is 5.78 Å². The second-order valence-electron chi connectivity index (χ2n) is 7.89. The van der Waals surface area contributed by atoms with E-state index < -0.39 is 11.0 Å². The summed E-state index contributed by atoms with van der Waals surface area (Å²) in [5.74, 6) is 1.90. The molecule has 128 valence electrons. The second-order valence-corrected chi connectivity index (χ2v) is 8.89. The number of carbonyl (C=O) groups is 1. The molecule has 0 heterocycles. The molecule has 0 amide bonds. The summed E-state index contributed by atoms with van der Waals surface area (Å²) in [4.78, 5) is 11.6. The summed E-state index contributed by atoms with van der Waals surface area (Å²) in [6.45, 7) is 2.51. The van der Waals surface area contributed by atoms with Crippen molar-refractivity contribution in [3.63, 3.8) is 0 Å². The van der Waals surface area contributed by atoms with Crippen molar-refractivity contribution in [2.75, 3.05) is 6.26 Å². The minimum atomic E-state index is -1.11. The smallest absolute Gasteiger partial charge is 0.155 e. The van der Waals surface area contributed by atoms with E-state index in [1.165, 1.54) is 56.8 Å². The van der Waals surface area contributed by atoms with Crippen molar-refractivity contribution in [2.45, 2.75) is 64.7 Å². The quantitative estimate of drug-likeness (QED) is 0.684. The topological polar surface area (TPSA) is 60.2 Å². The van der Waals surface area contributed by atoms with Crippen LogP contribution in [0.5, 0.6) is 0 Å². The minimum absolute atomic E-state index is 0.379. The first-order chi connectivity index (χ1) is 10.9. The van der Waals surface area contributed by atoms with E-state index in [1.54, 1.807) is 0 Å². The van der Waals surface area contributed by atoms with Gasteiger partial charge in [0.25, 0.3) is 0 Å². The van der Waals surface area contributed by atoms with Crippen LogP contribution in [0, 0.1) is 17.3 Å². The first-order valence-electron chi connectivity index (χ1n) is 8.94. The molecule has 4 aliphatic rings. The lowest BCUT2D eigenvalue weighted by Gasteiger charge is -2.46. The molecule has 23 heavy (non-hydrogen) atoms. The summed E-state index contributed by atoms with van der Waals surface area (Å²) < 4.78 is 9.33. The normalized spacial score (nSPS) is 37.0. The molecule has 0 radical (unpaired) electrons. The molecule has 4 rings (SSSR count). The van der Waals surface area contributed by atoms with Crippen molar-refractivity contribution in [3.05, 3.63) is 22.8 Å². The van der Waals surface area contributed by atoms with Crippen molar-refractivity contribution >= 4 is 16.8 Å². The lowest BCUT2D eigenvalue weighted by molar-refractivity contribution is -0.115. The van der Waals surface area contributed by atoms with Crippen LogP contribution < -0.4 is 5.14 Å². The molecule has 0 saturated heterocycles. The molecule has 0 aromatic carbocycles. The Balaban J connectivity index is 0.000000354. The summed E-state index contributed by atoms with van der Waals surface area (Å²) in [6, 6.07) is 0. The van der Waals surface area contributed by atoms with Crippen molar-refractivity contribution in [1.82, 2.24) is 0 Å². The van der Waals surface area contributed by atoms with Gasteiger partial charge >= 0.3 is 0 Å². The predicted molar refractivity (Wildman–Crippen MR) is 95.0 cm³/mol. The maximum atomic E-state index is 11.6. The number of hydrogen-bond acceptors (Lipinski definition) is 2. The van der Waals surface area contributed by atoms with Gasteiger partial charge in [-0.2, -0.15) is 0 Å². The third-order valence-corrected chi connectivity index (χ3v) is 6.42. The first kappa shape index (κ1) is 17.1. The van der Waals surface area contributed by atoms with Crippen LogP contribution in [-0.2, 0) is 15.8 Å². The van der Waals surface area contributed by atoms with Crippen LogP contribution in [-0.4, -0.2) is 16.2 Å². The van der Waals surface area contributed by atoms with E-state index in [2.05, 4.69) is 12.1 Å². The van der Waals surface area contributed by atoms with E-state index in [1.807, 2.05) is 17.2 Å². The molecule has 4 atom stereocenters. The van der Waals surface area contributed by atoms with Crippen molar-refractivity contribution in [1.29, 1.82) is 0 Å². The van der Waals surface area contributed by atoms with Gasteiger partial charge in [0.1, 0.15) is 0 Å². The Morgan fingerprint density at radius 3 is 2.61 bits per heavy atom. The predicted octanol–water partition coefficient (Wildman–Crippen LogP) is 3.82. The highest BCUT2D eigenvalue weighted by molar-refractivity contribution is 7.81. The van der Waals surface area contributed by atoms with Crippen LogP contribution in [0.15, 0.2) is 22.8 Å².